The molecule has 1 fully saturated rings. The summed E-state index contributed by atoms with van der Waals surface area (Å²) in [6.45, 7) is 7.45. The summed E-state index contributed by atoms with van der Waals surface area (Å²) < 4.78 is 5.64. The average molecular weight is 483 g/mol. The Bertz CT molecular complexity index is 1070. The summed E-state index contributed by atoms with van der Waals surface area (Å²) in [6, 6.07) is 14.3. The van der Waals surface area contributed by atoms with E-state index in [9.17, 15) is 19.5 Å². The number of hydrogen-bond donors (Lipinski definition) is 2. The van der Waals surface area contributed by atoms with E-state index in [0.717, 1.165) is 22.3 Å². The fourth-order valence-corrected chi connectivity index (χ4v) is 5.90. The van der Waals surface area contributed by atoms with Crippen molar-refractivity contribution < 1.29 is 24.2 Å². The summed E-state index contributed by atoms with van der Waals surface area (Å²) in [7, 11) is 0. The third-order valence-electron chi connectivity index (χ3n) is 6.48. The summed E-state index contributed by atoms with van der Waals surface area (Å²) in [4.78, 5) is 39.3. The number of fused-ring (bicyclic) bond motifs is 3. The zero-order chi connectivity index (χ0) is 24.6. The first kappa shape index (κ1) is 24.1. The molecule has 0 bridgehead atoms. The summed E-state index contributed by atoms with van der Waals surface area (Å²) in [5.41, 5.74) is 3.84. The predicted molar refractivity (Wildman–Crippen MR) is 132 cm³/mol. The van der Waals surface area contributed by atoms with Crippen molar-refractivity contribution >= 4 is 29.7 Å². The number of amides is 2. The highest BCUT2D eigenvalue weighted by Gasteiger charge is 2.45. The first-order valence-electron chi connectivity index (χ1n) is 11.4. The van der Waals surface area contributed by atoms with Crippen LogP contribution in [0.15, 0.2) is 48.5 Å². The van der Waals surface area contributed by atoms with Crippen LogP contribution in [0, 0.1) is 5.41 Å². The van der Waals surface area contributed by atoms with Gasteiger partial charge in [-0.25, -0.2) is 9.59 Å². The first-order chi connectivity index (χ1) is 16.1. The molecular weight excluding hydrogens is 452 g/mol. The minimum Gasteiger partial charge on any atom is -0.480 e. The van der Waals surface area contributed by atoms with Crippen molar-refractivity contribution in [2.75, 3.05) is 12.4 Å². The van der Waals surface area contributed by atoms with E-state index >= 15 is 0 Å². The maximum atomic E-state index is 13.4. The summed E-state index contributed by atoms with van der Waals surface area (Å²) in [6.07, 6.45) is -0.693. The van der Waals surface area contributed by atoms with Gasteiger partial charge in [0.25, 0.3) is 0 Å². The molecule has 1 heterocycles. The third-order valence-corrected chi connectivity index (χ3v) is 7.70. The normalized spacial score (nSPS) is 20.4. The Balaban J connectivity index is 1.49. The largest absolute Gasteiger partial charge is 0.480 e. The van der Waals surface area contributed by atoms with Gasteiger partial charge in [-0.15, -0.1) is 11.8 Å². The zero-order valence-corrected chi connectivity index (χ0v) is 20.6. The Morgan fingerprint density at radius 3 is 2.18 bits per heavy atom. The van der Waals surface area contributed by atoms with Gasteiger partial charge in [0.2, 0.25) is 5.91 Å². The maximum Gasteiger partial charge on any atom is 0.407 e. The van der Waals surface area contributed by atoms with Crippen LogP contribution in [-0.2, 0) is 14.3 Å². The predicted octanol–water partition coefficient (Wildman–Crippen LogP) is 4.31. The van der Waals surface area contributed by atoms with Gasteiger partial charge in [0.1, 0.15) is 18.7 Å². The van der Waals surface area contributed by atoms with Crippen LogP contribution in [-0.4, -0.2) is 57.8 Å². The number of benzene rings is 2. The standard InChI is InChI=1S/C26H30N2O5S/c1-15-28(21(14-34-15)24(30)31)23(29)22(26(2,3)4)27-25(32)33-13-20-18-11-7-5-9-16(18)17-10-6-8-12-19(17)20/h5-12,15,20-22H,13-14H2,1-4H3,(H,27,32)(H,30,31). The number of carboxylic acid groups (broad SMARTS) is 1. The monoisotopic (exact) mass is 482 g/mol. The van der Waals surface area contributed by atoms with Crippen molar-refractivity contribution in [3.05, 3.63) is 59.7 Å². The number of rotatable bonds is 5. The molecule has 3 atom stereocenters. The minimum atomic E-state index is -1.04. The summed E-state index contributed by atoms with van der Waals surface area (Å²) in [5.74, 6) is -1.22. The van der Waals surface area contributed by atoms with Gasteiger partial charge in [0.15, 0.2) is 0 Å². The molecule has 1 aliphatic heterocycles. The molecule has 3 unspecified atom stereocenters. The topological polar surface area (TPSA) is 95.9 Å². The zero-order valence-electron chi connectivity index (χ0n) is 19.8. The van der Waals surface area contributed by atoms with Crippen molar-refractivity contribution in [2.24, 2.45) is 5.41 Å². The average Bonchev–Trinajstić information content (AvgIpc) is 3.33. The molecule has 2 aromatic carbocycles. The lowest BCUT2D eigenvalue weighted by Gasteiger charge is -2.36. The molecule has 2 amide bonds. The number of nitrogens with zero attached hydrogens (tertiary/aromatic N) is 1. The van der Waals surface area contributed by atoms with E-state index in [1.165, 1.54) is 16.7 Å². The summed E-state index contributed by atoms with van der Waals surface area (Å²) in [5, 5.41) is 12.0. The first-order valence-corrected chi connectivity index (χ1v) is 12.4. The highest BCUT2D eigenvalue weighted by Crippen LogP contribution is 2.44. The Kier molecular flexibility index (Phi) is 6.62. The molecule has 2 aliphatic rings. The molecule has 1 aliphatic carbocycles. The van der Waals surface area contributed by atoms with E-state index in [0.29, 0.717) is 5.75 Å². The second-order valence-electron chi connectivity index (χ2n) is 9.80. The van der Waals surface area contributed by atoms with E-state index < -0.39 is 35.5 Å². The Hall–Kier alpha value is -3.00. The Morgan fingerprint density at radius 2 is 1.65 bits per heavy atom. The fourth-order valence-electron chi connectivity index (χ4n) is 4.72. The molecule has 180 valence electrons. The highest BCUT2D eigenvalue weighted by molar-refractivity contribution is 8.00. The van der Waals surface area contributed by atoms with E-state index in [-0.39, 0.29) is 17.9 Å². The molecule has 4 rings (SSSR count). The van der Waals surface area contributed by atoms with Crippen LogP contribution < -0.4 is 5.32 Å². The number of nitrogens with one attached hydrogen (secondary N) is 1. The van der Waals surface area contributed by atoms with Gasteiger partial charge in [-0.2, -0.15) is 0 Å². The van der Waals surface area contributed by atoms with Crippen molar-refractivity contribution in [3.8, 4) is 11.1 Å². The van der Waals surface area contributed by atoms with Gasteiger partial charge in [0, 0.05) is 11.7 Å². The minimum absolute atomic E-state index is 0.0895. The van der Waals surface area contributed by atoms with Gasteiger partial charge in [-0.3, -0.25) is 4.79 Å². The van der Waals surface area contributed by atoms with Crippen LogP contribution in [0.1, 0.15) is 44.7 Å². The van der Waals surface area contributed by atoms with Crippen molar-refractivity contribution in [2.45, 2.75) is 51.1 Å². The van der Waals surface area contributed by atoms with Crippen molar-refractivity contribution in [3.63, 3.8) is 0 Å². The van der Waals surface area contributed by atoms with Gasteiger partial charge in [-0.05, 0) is 34.6 Å². The van der Waals surface area contributed by atoms with Crippen LogP contribution >= 0.6 is 11.8 Å². The number of hydrogen-bond acceptors (Lipinski definition) is 5. The number of carbonyl (C=O) groups is 3. The van der Waals surface area contributed by atoms with Gasteiger partial charge in [0.05, 0.1) is 5.37 Å². The third kappa shape index (κ3) is 4.51. The van der Waals surface area contributed by atoms with Gasteiger partial charge < -0.3 is 20.1 Å². The summed E-state index contributed by atoms with van der Waals surface area (Å²) >= 11 is 1.41. The van der Waals surface area contributed by atoms with Crippen LogP contribution in [0.25, 0.3) is 11.1 Å². The lowest BCUT2D eigenvalue weighted by molar-refractivity contribution is -0.150. The van der Waals surface area contributed by atoms with E-state index in [4.69, 9.17) is 4.74 Å². The molecule has 2 aromatic rings. The van der Waals surface area contributed by atoms with E-state index in [2.05, 4.69) is 17.4 Å². The highest BCUT2D eigenvalue weighted by atomic mass is 32.2. The molecule has 8 heteroatoms. The van der Waals surface area contributed by atoms with Crippen LogP contribution in [0.5, 0.6) is 0 Å². The lowest BCUT2D eigenvalue weighted by Crippen LogP contribution is -2.58. The van der Waals surface area contributed by atoms with E-state index in [1.807, 2.05) is 57.2 Å². The molecule has 7 nitrogen and oxygen atoms in total. The molecule has 0 aromatic heterocycles. The smallest absolute Gasteiger partial charge is 0.407 e. The maximum absolute atomic E-state index is 13.4. The van der Waals surface area contributed by atoms with Crippen LogP contribution in [0.3, 0.4) is 0 Å². The molecular formula is C26H30N2O5S. The molecule has 0 radical (unpaired) electrons. The molecule has 34 heavy (non-hydrogen) atoms. The SMILES string of the molecule is CC1SCC(C(=O)O)N1C(=O)C(NC(=O)OCC1c2ccccc2-c2ccccc21)C(C)(C)C. The number of alkyl carbamates (subject to hydrolysis) is 1. The second-order valence-corrected chi connectivity index (χ2v) is 11.2. The quantitative estimate of drug-likeness (QED) is 0.659. The lowest BCUT2D eigenvalue weighted by atomic mass is 9.85. The number of thioether (sulfide) groups is 1. The Labute approximate surface area is 203 Å². The Morgan fingerprint density at radius 1 is 1.09 bits per heavy atom. The van der Waals surface area contributed by atoms with Crippen LogP contribution in [0.2, 0.25) is 0 Å². The molecule has 2 N–H and O–H groups in total. The number of carbonyl (C=O) groups excluding carboxylic acids is 2. The molecule has 0 spiro atoms. The van der Waals surface area contributed by atoms with Crippen LogP contribution in [0.4, 0.5) is 4.79 Å². The van der Waals surface area contributed by atoms with Crippen molar-refractivity contribution in [1.82, 2.24) is 10.2 Å². The van der Waals surface area contributed by atoms with Gasteiger partial charge >= 0.3 is 12.1 Å². The molecule has 0 saturated carbocycles. The number of carboxylic acids is 1. The van der Waals surface area contributed by atoms with E-state index in [1.54, 1.807) is 6.92 Å². The number of aliphatic carboxylic acids is 1. The fraction of sp³-hybridized carbons (Fsp3) is 0.423. The number of ether oxygens (including phenoxy) is 1. The van der Waals surface area contributed by atoms with Gasteiger partial charge in [-0.1, -0.05) is 69.3 Å². The van der Waals surface area contributed by atoms with Crippen molar-refractivity contribution in [1.29, 1.82) is 0 Å². The molecule has 1 saturated heterocycles. The second kappa shape index (κ2) is 9.33.